The van der Waals surface area contributed by atoms with Crippen LogP contribution in [0.4, 0.5) is 11.5 Å². The van der Waals surface area contributed by atoms with Gasteiger partial charge in [0.25, 0.3) is 5.91 Å². The molecule has 1 saturated carbocycles. The van der Waals surface area contributed by atoms with Gasteiger partial charge in [-0.1, -0.05) is 12.1 Å². The lowest BCUT2D eigenvalue weighted by Crippen LogP contribution is -2.42. The molecule has 1 aliphatic heterocycles. The van der Waals surface area contributed by atoms with Crippen molar-refractivity contribution in [3.05, 3.63) is 47.7 Å². The number of hydrogen-bond donors (Lipinski definition) is 2. The number of anilines is 2. The Morgan fingerprint density at radius 1 is 1.33 bits per heavy atom. The van der Waals surface area contributed by atoms with Crippen molar-refractivity contribution in [2.75, 3.05) is 23.9 Å². The lowest BCUT2D eigenvalue weighted by molar-refractivity contribution is -0.117. The third-order valence-electron chi connectivity index (χ3n) is 4.93. The van der Waals surface area contributed by atoms with E-state index >= 15 is 0 Å². The Kier molecular flexibility index (Phi) is 4.43. The van der Waals surface area contributed by atoms with E-state index in [1.807, 2.05) is 31.2 Å². The van der Waals surface area contributed by atoms with Gasteiger partial charge < -0.3 is 15.4 Å². The van der Waals surface area contributed by atoms with Gasteiger partial charge in [-0.05, 0) is 43.5 Å². The van der Waals surface area contributed by atoms with Gasteiger partial charge in [-0.2, -0.15) is 0 Å². The van der Waals surface area contributed by atoms with Gasteiger partial charge in [-0.3, -0.25) is 14.5 Å². The topological polar surface area (TPSA) is 83.6 Å². The Morgan fingerprint density at radius 2 is 2.07 bits per heavy atom. The summed E-state index contributed by atoms with van der Waals surface area (Å²) in [5, 5.41) is 6.05. The van der Waals surface area contributed by atoms with Crippen LogP contribution in [-0.4, -0.2) is 36.5 Å². The Morgan fingerprint density at radius 3 is 2.74 bits per heavy atom. The molecule has 2 amide bonds. The largest absolute Gasteiger partial charge is 0.497 e. The van der Waals surface area contributed by atoms with E-state index in [1.165, 1.54) is 6.20 Å². The molecule has 2 heterocycles. The third kappa shape index (κ3) is 3.45. The molecule has 0 spiro atoms. The lowest BCUT2D eigenvalue weighted by Gasteiger charge is -2.29. The van der Waals surface area contributed by atoms with Crippen molar-refractivity contribution in [3.63, 3.8) is 0 Å². The Balaban J connectivity index is 1.49. The Bertz CT molecular complexity index is 877. The fourth-order valence-electron chi connectivity index (χ4n) is 3.24. The van der Waals surface area contributed by atoms with Crippen molar-refractivity contribution in [1.82, 2.24) is 10.3 Å². The van der Waals surface area contributed by atoms with Crippen molar-refractivity contribution in [1.29, 1.82) is 0 Å². The first-order valence-electron chi connectivity index (χ1n) is 9.07. The highest BCUT2D eigenvalue weighted by molar-refractivity contribution is 6.04. The highest BCUT2D eigenvalue weighted by Crippen LogP contribution is 2.37. The van der Waals surface area contributed by atoms with Crippen molar-refractivity contribution >= 4 is 23.3 Å². The number of carbonyl (C=O) groups is 2. The van der Waals surface area contributed by atoms with Gasteiger partial charge in [0.1, 0.15) is 5.75 Å². The number of benzene rings is 1. The minimum Gasteiger partial charge on any atom is -0.497 e. The molecule has 7 heteroatoms. The maximum absolute atomic E-state index is 12.6. The molecule has 0 bridgehead atoms. The first-order valence-corrected chi connectivity index (χ1v) is 9.07. The first-order chi connectivity index (χ1) is 13.1. The van der Waals surface area contributed by atoms with Gasteiger partial charge in [0.2, 0.25) is 5.91 Å². The highest BCUT2D eigenvalue weighted by Gasteiger charge is 2.38. The molecular weight excluding hydrogens is 344 g/mol. The third-order valence-corrected chi connectivity index (χ3v) is 4.93. The number of nitrogens with one attached hydrogen (secondary N) is 2. The Labute approximate surface area is 157 Å². The van der Waals surface area contributed by atoms with Crippen LogP contribution in [-0.2, 0) is 4.79 Å². The average molecular weight is 366 g/mol. The van der Waals surface area contributed by atoms with Crippen molar-refractivity contribution in [3.8, 4) is 5.75 Å². The molecule has 2 aliphatic rings. The summed E-state index contributed by atoms with van der Waals surface area (Å²) >= 11 is 0. The van der Waals surface area contributed by atoms with Gasteiger partial charge in [0, 0.05) is 12.2 Å². The summed E-state index contributed by atoms with van der Waals surface area (Å²) in [7, 11) is 1.62. The average Bonchev–Trinajstić information content (AvgIpc) is 3.52. The van der Waals surface area contributed by atoms with Crippen LogP contribution in [0.25, 0.3) is 0 Å². The predicted octanol–water partition coefficient (Wildman–Crippen LogP) is 2.50. The summed E-state index contributed by atoms with van der Waals surface area (Å²) in [6.45, 7) is 2.16. The number of ether oxygens (including phenoxy) is 1. The number of amides is 2. The van der Waals surface area contributed by atoms with Crippen molar-refractivity contribution in [2.45, 2.75) is 31.8 Å². The summed E-state index contributed by atoms with van der Waals surface area (Å²) in [4.78, 5) is 30.9. The molecule has 1 fully saturated rings. The molecule has 0 radical (unpaired) electrons. The van der Waals surface area contributed by atoms with Crippen LogP contribution in [0.1, 0.15) is 41.7 Å². The molecule has 4 rings (SSSR count). The molecule has 1 atom stereocenters. The van der Waals surface area contributed by atoms with Crippen LogP contribution in [0.2, 0.25) is 0 Å². The second-order valence-electron chi connectivity index (χ2n) is 6.91. The van der Waals surface area contributed by atoms with Crippen LogP contribution in [0.5, 0.6) is 5.75 Å². The van der Waals surface area contributed by atoms with Crippen molar-refractivity contribution in [2.24, 2.45) is 0 Å². The number of carbonyl (C=O) groups excluding carboxylic acids is 2. The quantitative estimate of drug-likeness (QED) is 0.849. The molecule has 0 saturated heterocycles. The maximum atomic E-state index is 12.6. The number of nitrogens with zero attached hydrogens (tertiary/aromatic N) is 2. The predicted molar refractivity (Wildman–Crippen MR) is 102 cm³/mol. The summed E-state index contributed by atoms with van der Waals surface area (Å²) in [6.07, 6.45) is 3.55. The van der Waals surface area contributed by atoms with E-state index in [0.717, 1.165) is 29.8 Å². The monoisotopic (exact) mass is 366 g/mol. The van der Waals surface area contributed by atoms with Crippen LogP contribution < -0.4 is 20.3 Å². The number of pyridine rings is 1. The van der Waals surface area contributed by atoms with Gasteiger partial charge in [-0.25, -0.2) is 4.98 Å². The van der Waals surface area contributed by atoms with Gasteiger partial charge in [-0.15, -0.1) is 0 Å². The minimum atomic E-state index is -0.203. The van der Waals surface area contributed by atoms with E-state index in [0.29, 0.717) is 11.4 Å². The number of rotatable bonds is 5. The SMILES string of the molecule is COc1ccc([C@H](C)NC(=O)c2cnc3c(c2)NCC(=O)N3C2CC2)cc1. The molecule has 7 nitrogen and oxygen atoms in total. The lowest BCUT2D eigenvalue weighted by atomic mass is 10.1. The van der Waals surface area contributed by atoms with E-state index in [9.17, 15) is 9.59 Å². The van der Waals surface area contributed by atoms with Gasteiger partial charge >= 0.3 is 0 Å². The van der Waals surface area contributed by atoms with Crippen LogP contribution in [0, 0.1) is 0 Å². The summed E-state index contributed by atoms with van der Waals surface area (Å²) in [5.41, 5.74) is 2.18. The van der Waals surface area contributed by atoms with E-state index in [1.54, 1.807) is 18.1 Å². The fraction of sp³-hybridized carbons (Fsp3) is 0.350. The molecule has 140 valence electrons. The second kappa shape index (κ2) is 6.90. The molecule has 2 aromatic rings. The zero-order valence-electron chi connectivity index (χ0n) is 15.4. The second-order valence-corrected chi connectivity index (χ2v) is 6.91. The molecular formula is C20H22N4O3. The van der Waals surface area contributed by atoms with Gasteiger partial charge in [0.05, 0.1) is 30.9 Å². The molecule has 27 heavy (non-hydrogen) atoms. The normalized spacial score (nSPS) is 17.0. The number of aromatic nitrogens is 1. The zero-order chi connectivity index (χ0) is 19.0. The number of hydrogen-bond acceptors (Lipinski definition) is 5. The summed E-state index contributed by atoms with van der Waals surface area (Å²) in [6, 6.07) is 9.45. The highest BCUT2D eigenvalue weighted by atomic mass is 16.5. The summed E-state index contributed by atoms with van der Waals surface area (Å²) in [5.74, 6) is 1.22. The smallest absolute Gasteiger partial charge is 0.253 e. The van der Waals surface area contributed by atoms with E-state index < -0.39 is 0 Å². The zero-order valence-corrected chi connectivity index (χ0v) is 15.4. The summed E-state index contributed by atoms with van der Waals surface area (Å²) < 4.78 is 5.16. The Hall–Kier alpha value is -3.09. The standard InChI is InChI=1S/C20H22N4O3/c1-12(13-3-7-16(27-2)8-4-13)23-20(26)14-9-17-19(22-10-14)24(15-5-6-15)18(25)11-21-17/h3-4,7-10,12,15,21H,5-6,11H2,1-2H3,(H,23,26)/t12-/m0/s1. The molecule has 0 unspecified atom stereocenters. The van der Waals surface area contributed by atoms with E-state index in [2.05, 4.69) is 15.6 Å². The van der Waals surface area contributed by atoms with Crippen LogP contribution in [0.3, 0.4) is 0 Å². The fourth-order valence-corrected chi connectivity index (χ4v) is 3.24. The molecule has 1 aromatic carbocycles. The molecule has 1 aliphatic carbocycles. The molecule has 2 N–H and O–H groups in total. The van der Waals surface area contributed by atoms with E-state index in [-0.39, 0.29) is 30.4 Å². The van der Waals surface area contributed by atoms with E-state index in [4.69, 9.17) is 4.74 Å². The molecule has 1 aromatic heterocycles. The van der Waals surface area contributed by atoms with Crippen molar-refractivity contribution < 1.29 is 14.3 Å². The van der Waals surface area contributed by atoms with Crippen LogP contribution >= 0.6 is 0 Å². The first kappa shape index (κ1) is 17.3. The maximum Gasteiger partial charge on any atom is 0.253 e. The van der Waals surface area contributed by atoms with Gasteiger partial charge in [0.15, 0.2) is 5.82 Å². The minimum absolute atomic E-state index is 0.0304. The number of fused-ring (bicyclic) bond motifs is 1. The van der Waals surface area contributed by atoms with Crippen LogP contribution in [0.15, 0.2) is 36.5 Å². The number of methoxy groups -OCH3 is 1.